The largest absolute Gasteiger partial charge is 0.373 e. The number of rotatable bonds is 6. The van der Waals surface area contributed by atoms with Gasteiger partial charge in [0.1, 0.15) is 5.41 Å². The number of hydrogen-bond acceptors (Lipinski definition) is 5. The monoisotopic (exact) mass is 350 g/mol. The smallest absolute Gasteiger partial charge is 0.328 e. The third-order valence-electron chi connectivity index (χ3n) is 6.50. The highest BCUT2D eigenvalue weighted by atomic mass is 16.6. The Morgan fingerprint density at radius 2 is 1.44 bits per heavy atom. The summed E-state index contributed by atoms with van der Waals surface area (Å²) in [7, 11) is 0. The summed E-state index contributed by atoms with van der Waals surface area (Å²) in [5, 5.41) is 4.80. The van der Waals surface area contributed by atoms with Crippen LogP contribution in [0.1, 0.15) is 51.9 Å². The standard InChI is InChI=1S/C18H26N2O5/c1-17(7-12-9-24-12,8-13-10-25-13)18(11-5-3-2-4-6-11)14(21)19-16(23)20-15(18)22/h11-13H,2-10H2,1H3,(H2,19,20,21,22,23). The molecular weight excluding hydrogens is 324 g/mol. The van der Waals surface area contributed by atoms with E-state index in [9.17, 15) is 14.4 Å². The van der Waals surface area contributed by atoms with Gasteiger partial charge in [0.2, 0.25) is 11.8 Å². The zero-order chi connectivity index (χ0) is 17.7. The van der Waals surface area contributed by atoms with Crippen LogP contribution < -0.4 is 10.6 Å². The maximum Gasteiger partial charge on any atom is 0.328 e. The molecule has 25 heavy (non-hydrogen) atoms. The highest BCUT2D eigenvalue weighted by molar-refractivity contribution is 6.20. The molecule has 2 atom stereocenters. The second-order valence-corrected chi connectivity index (χ2v) is 8.26. The molecule has 138 valence electrons. The molecule has 0 aromatic heterocycles. The van der Waals surface area contributed by atoms with Crippen molar-refractivity contribution in [1.29, 1.82) is 0 Å². The number of carbonyl (C=O) groups is 3. The van der Waals surface area contributed by atoms with E-state index in [1.807, 2.05) is 6.92 Å². The SMILES string of the molecule is CC(CC1CO1)(CC1CO1)C1(C2CCCCC2)C(=O)NC(=O)NC1=O. The summed E-state index contributed by atoms with van der Waals surface area (Å²) in [6.07, 6.45) is 6.27. The average molecular weight is 350 g/mol. The third kappa shape index (κ3) is 2.87. The van der Waals surface area contributed by atoms with Gasteiger partial charge in [-0.15, -0.1) is 0 Å². The van der Waals surface area contributed by atoms with Crippen LogP contribution in [-0.4, -0.2) is 43.3 Å². The minimum absolute atomic E-state index is 0.0585. The predicted octanol–water partition coefficient (Wildman–Crippen LogP) is 1.50. The fraction of sp³-hybridized carbons (Fsp3) is 0.833. The first kappa shape index (κ1) is 17.0. The number of imide groups is 2. The molecule has 3 saturated heterocycles. The molecule has 4 rings (SSSR count). The summed E-state index contributed by atoms with van der Waals surface area (Å²) in [6, 6.07) is -0.714. The second kappa shape index (κ2) is 6.06. The molecule has 0 bridgehead atoms. The Labute approximate surface area is 147 Å². The van der Waals surface area contributed by atoms with E-state index in [1.165, 1.54) is 0 Å². The van der Waals surface area contributed by atoms with Crippen molar-refractivity contribution in [2.75, 3.05) is 13.2 Å². The Hall–Kier alpha value is -1.47. The number of barbiturate groups is 1. The summed E-state index contributed by atoms with van der Waals surface area (Å²) < 4.78 is 10.9. The van der Waals surface area contributed by atoms with Crippen LogP contribution in [0.25, 0.3) is 0 Å². The van der Waals surface area contributed by atoms with Crippen LogP contribution in [0.5, 0.6) is 0 Å². The van der Waals surface area contributed by atoms with Crippen LogP contribution in [0, 0.1) is 16.7 Å². The molecule has 0 spiro atoms. The van der Waals surface area contributed by atoms with E-state index in [-0.39, 0.29) is 18.1 Å². The Morgan fingerprint density at radius 3 is 1.88 bits per heavy atom. The quantitative estimate of drug-likeness (QED) is 0.558. The van der Waals surface area contributed by atoms with Crippen LogP contribution in [0.3, 0.4) is 0 Å². The summed E-state index contributed by atoms with van der Waals surface area (Å²) in [4.78, 5) is 38.2. The number of urea groups is 1. The molecule has 0 aromatic rings. The minimum Gasteiger partial charge on any atom is -0.373 e. The van der Waals surface area contributed by atoms with E-state index in [4.69, 9.17) is 9.47 Å². The van der Waals surface area contributed by atoms with E-state index in [0.717, 1.165) is 32.1 Å². The van der Waals surface area contributed by atoms with E-state index in [2.05, 4.69) is 10.6 Å². The van der Waals surface area contributed by atoms with Gasteiger partial charge < -0.3 is 9.47 Å². The Bertz CT molecular complexity index is 556. The van der Waals surface area contributed by atoms with Crippen LogP contribution in [0.2, 0.25) is 0 Å². The van der Waals surface area contributed by atoms with E-state index in [1.54, 1.807) is 0 Å². The summed E-state index contributed by atoms with van der Waals surface area (Å²) in [5.74, 6) is -0.925. The van der Waals surface area contributed by atoms with Gasteiger partial charge in [-0.05, 0) is 37.0 Å². The Morgan fingerprint density at radius 1 is 0.960 bits per heavy atom. The van der Waals surface area contributed by atoms with Crippen LogP contribution in [0.4, 0.5) is 4.79 Å². The molecule has 2 unspecified atom stereocenters. The second-order valence-electron chi connectivity index (χ2n) is 8.26. The van der Waals surface area contributed by atoms with Gasteiger partial charge in [-0.3, -0.25) is 20.2 Å². The lowest BCUT2D eigenvalue weighted by Crippen LogP contribution is -2.70. The van der Waals surface area contributed by atoms with Gasteiger partial charge in [0, 0.05) is 0 Å². The lowest BCUT2D eigenvalue weighted by atomic mass is 9.51. The number of epoxide rings is 2. The molecule has 0 radical (unpaired) electrons. The van der Waals surface area contributed by atoms with Gasteiger partial charge in [-0.1, -0.05) is 26.2 Å². The fourth-order valence-electron chi connectivity index (χ4n) is 5.27. The van der Waals surface area contributed by atoms with Gasteiger partial charge in [-0.2, -0.15) is 0 Å². The topological polar surface area (TPSA) is 100 Å². The van der Waals surface area contributed by atoms with E-state index >= 15 is 0 Å². The number of hydrogen-bond donors (Lipinski definition) is 2. The van der Waals surface area contributed by atoms with E-state index < -0.39 is 28.7 Å². The van der Waals surface area contributed by atoms with Gasteiger partial charge >= 0.3 is 6.03 Å². The third-order valence-corrected chi connectivity index (χ3v) is 6.50. The van der Waals surface area contributed by atoms with Crippen molar-refractivity contribution in [2.45, 2.75) is 64.1 Å². The average Bonchev–Trinajstić information content (AvgIpc) is 3.45. The molecule has 4 aliphatic rings. The van der Waals surface area contributed by atoms with Crippen molar-refractivity contribution in [3.8, 4) is 0 Å². The van der Waals surface area contributed by atoms with E-state index in [0.29, 0.717) is 26.1 Å². The van der Waals surface area contributed by atoms with Crippen LogP contribution in [-0.2, 0) is 19.1 Å². The molecule has 0 aromatic carbocycles. The zero-order valence-electron chi connectivity index (χ0n) is 14.6. The summed E-state index contributed by atoms with van der Waals surface area (Å²) in [5.41, 5.74) is -1.84. The fourth-order valence-corrected chi connectivity index (χ4v) is 5.27. The van der Waals surface area contributed by atoms with Crippen molar-refractivity contribution in [2.24, 2.45) is 16.7 Å². The lowest BCUT2D eigenvalue weighted by Gasteiger charge is -2.52. The minimum atomic E-state index is -1.24. The number of nitrogens with one attached hydrogen (secondary N) is 2. The first-order valence-electron chi connectivity index (χ1n) is 9.36. The van der Waals surface area contributed by atoms with Gasteiger partial charge in [-0.25, -0.2) is 4.79 Å². The maximum atomic E-state index is 13.2. The van der Waals surface area contributed by atoms with Gasteiger partial charge in [0.05, 0.1) is 25.4 Å². The maximum absolute atomic E-state index is 13.2. The Balaban J connectivity index is 1.77. The number of ether oxygens (including phenoxy) is 2. The van der Waals surface area contributed by atoms with Crippen LogP contribution >= 0.6 is 0 Å². The molecule has 4 amide bonds. The predicted molar refractivity (Wildman–Crippen MR) is 87.5 cm³/mol. The molecule has 3 heterocycles. The Kier molecular flexibility index (Phi) is 4.11. The zero-order valence-corrected chi connectivity index (χ0v) is 14.6. The van der Waals surface area contributed by atoms with Gasteiger partial charge in [0.25, 0.3) is 0 Å². The molecule has 2 N–H and O–H groups in total. The van der Waals surface area contributed by atoms with Gasteiger partial charge in [0.15, 0.2) is 0 Å². The number of carbonyl (C=O) groups excluding carboxylic acids is 3. The van der Waals surface area contributed by atoms with Crippen molar-refractivity contribution in [1.82, 2.24) is 10.6 Å². The van der Waals surface area contributed by atoms with Crippen LogP contribution in [0.15, 0.2) is 0 Å². The first-order valence-corrected chi connectivity index (χ1v) is 9.36. The lowest BCUT2D eigenvalue weighted by molar-refractivity contribution is -0.164. The summed E-state index contributed by atoms with van der Waals surface area (Å²) >= 11 is 0. The normalized spacial score (nSPS) is 34.0. The summed E-state index contributed by atoms with van der Waals surface area (Å²) in [6.45, 7) is 3.36. The molecular formula is C18H26N2O5. The molecule has 7 nitrogen and oxygen atoms in total. The highest BCUT2D eigenvalue weighted by Crippen LogP contribution is 2.57. The van der Waals surface area contributed by atoms with Crippen molar-refractivity contribution in [3.05, 3.63) is 0 Å². The van der Waals surface area contributed by atoms with Crippen molar-refractivity contribution < 1.29 is 23.9 Å². The molecule has 7 heteroatoms. The molecule has 1 aliphatic carbocycles. The van der Waals surface area contributed by atoms with Crippen molar-refractivity contribution in [3.63, 3.8) is 0 Å². The van der Waals surface area contributed by atoms with Crippen molar-refractivity contribution >= 4 is 17.8 Å². The molecule has 3 aliphatic heterocycles. The first-order chi connectivity index (χ1) is 12.0. The molecule has 1 saturated carbocycles. The molecule has 4 fully saturated rings. The highest BCUT2D eigenvalue weighted by Gasteiger charge is 2.66. The number of amides is 4.